The summed E-state index contributed by atoms with van der Waals surface area (Å²) in [5, 5.41) is 24.2. The zero-order valence-electron chi connectivity index (χ0n) is 14.0. The minimum absolute atomic E-state index is 0.142. The molecular weight excluding hydrogens is 336 g/mol. The third-order valence-electron chi connectivity index (χ3n) is 4.19. The van der Waals surface area contributed by atoms with E-state index in [-0.39, 0.29) is 17.0 Å². The molecule has 0 bridgehead atoms. The Hall–Kier alpha value is -3.42. The largest absolute Gasteiger partial charge is 0.507 e. The van der Waals surface area contributed by atoms with Gasteiger partial charge in [0.05, 0.1) is 11.1 Å². The molecule has 8 nitrogen and oxygen atoms in total. The fourth-order valence-electron chi connectivity index (χ4n) is 2.78. The minimum atomic E-state index is -0.572. The van der Waals surface area contributed by atoms with E-state index in [1.165, 1.54) is 37.3 Å². The van der Waals surface area contributed by atoms with E-state index < -0.39 is 10.8 Å². The SMILES string of the molecule is O=C(N/N=C\c1cc([N+](=O)[O-])ccc1O)c1ccc(N2CCCC2)cc1. The number of nitro groups is 1. The van der Waals surface area contributed by atoms with Crippen molar-refractivity contribution >= 4 is 23.5 Å². The Kier molecular flexibility index (Phi) is 5.12. The van der Waals surface area contributed by atoms with Crippen molar-refractivity contribution in [1.82, 2.24) is 5.43 Å². The molecule has 3 rings (SSSR count). The van der Waals surface area contributed by atoms with Crippen LogP contribution in [0.1, 0.15) is 28.8 Å². The van der Waals surface area contributed by atoms with Gasteiger partial charge in [-0.05, 0) is 43.2 Å². The molecule has 1 aliphatic rings. The number of carbonyl (C=O) groups excluding carboxylic acids is 1. The fraction of sp³-hybridized carbons (Fsp3) is 0.222. The smallest absolute Gasteiger partial charge is 0.271 e. The summed E-state index contributed by atoms with van der Waals surface area (Å²) in [6, 6.07) is 10.8. The van der Waals surface area contributed by atoms with Crippen LogP contribution in [-0.4, -0.2) is 35.2 Å². The van der Waals surface area contributed by atoms with Crippen molar-refractivity contribution in [3.8, 4) is 5.75 Å². The Morgan fingerprint density at radius 3 is 2.54 bits per heavy atom. The van der Waals surface area contributed by atoms with Crippen LogP contribution in [0.5, 0.6) is 5.75 Å². The van der Waals surface area contributed by atoms with Crippen molar-refractivity contribution < 1.29 is 14.8 Å². The number of hydrogen-bond donors (Lipinski definition) is 2. The number of carbonyl (C=O) groups is 1. The molecule has 0 aliphatic carbocycles. The van der Waals surface area contributed by atoms with Crippen molar-refractivity contribution in [1.29, 1.82) is 0 Å². The van der Waals surface area contributed by atoms with Crippen molar-refractivity contribution in [3.63, 3.8) is 0 Å². The van der Waals surface area contributed by atoms with Crippen LogP contribution in [0.4, 0.5) is 11.4 Å². The Balaban J connectivity index is 1.64. The highest BCUT2D eigenvalue weighted by atomic mass is 16.6. The van der Waals surface area contributed by atoms with Crippen LogP contribution < -0.4 is 10.3 Å². The summed E-state index contributed by atoms with van der Waals surface area (Å²) in [7, 11) is 0. The lowest BCUT2D eigenvalue weighted by atomic mass is 10.2. The van der Waals surface area contributed by atoms with Gasteiger partial charge in [0.2, 0.25) is 0 Å². The zero-order chi connectivity index (χ0) is 18.5. The molecule has 2 aromatic carbocycles. The summed E-state index contributed by atoms with van der Waals surface area (Å²) >= 11 is 0. The van der Waals surface area contributed by atoms with Crippen LogP contribution in [0.15, 0.2) is 47.6 Å². The number of phenols is 1. The molecule has 1 amide bonds. The molecule has 1 fully saturated rings. The summed E-state index contributed by atoms with van der Waals surface area (Å²) in [6.45, 7) is 2.06. The molecule has 2 N–H and O–H groups in total. The Labute approximate surface area is 149 Å². The van der Waals surface area contributed by atoms with Crippen LogP contribution in [0.25, 0.3) is 0 Å². The maximum atomic E-state index is 12.1. The molecule has 1 heterocycles. The zero-order valence-corrected chi connectivity index (χ0v) is 14.0. The van der Waals surface area contributed by atoms with Crippen LogP contribution in [0.2, 0.25) is 0 Å². The maximum Gasteiger partial charge on any atom is 0.271 e. The van der Waals surface area contributed by atoms with Crippen molar-refractivity contribution in [2.45, 2.75) is 12.8 Å². The Morgan fingerprint density at radius 1 is 1.19 bits per heavy atom. The lowest BCUT2D eigenvalue weighted by Gasteiger charge is -2.17. The summed E-state index contributed by atoms with van der Waals surface area (Å²) in [5.74, 6) is -0.567. The average molecular weight is 354 g/mol. The topological polar surface area (TPSA) is 108 Å². The lowest BCUT2D eigenvalue weighted by Crippen LogP contribution is -2.19. The number of amides is 1. The molecule has 26 heavy (non-hydrogen) atoms. The van der Waals surface area contributed by atoms with E-state index >= 15 is 0 Å². The normalized spacial score (nSPS) is 13.9. The number of nitrogens with one attached hydrogen (secondary N) is 1. The summed E-state index contributed by atoms with van der Waals surface area (Å²) in [5.41, 5.74) is 3.86. The van der Waals surface area contributed by atoms with Gasteiger partial charge in [-0.2, -0.15) is 5.10 Å². The van der Waals surface area contributed by atoms with E-state index in [4.69, 9.17) is 0 Å². The van der Waals surface area contributed by atoms with Gasteiger partial charge < -0.3 is 10.0 Å². The number of aromatic hydroxyl groups is 1. The van der Waals surface area contributed by atoms with E-state index in [1.807, 2.05) is 12.1 Å². The minimum Gasteiger partial charge on any atom is -0.507 e. The van der Waals surface area contributed by atoms with Crippen molar-refractivity contribution in [3.05, 3.63) is 63.7 Å². The van der Waals surface area contributed by atoms with Gasteiger partial charge in [-0.1, -0.05) is 0 Å². The van der Waals surface area contributed by atoms with Gasteiger partial charge in [0, 0.05) is 42.0 Å². The standard InChI is InChI=1S/C18H18N4O4/c23-17-8-7-16(22(25)26)11-14(17)12-19-20-18(24)13-3-5-15(6-4-13)21-9-1-2-10-21/h3-8,11-12,23H,1-2,9-10H2,(H,20,24)/b19-12-. The predicted molar refractivity (Wildman–Crippen MR) is 97.7 cm³/mol. The molecule has 134 valence electrons. The monoisotopic (exact) mass is 354 g/mol. The van der Waals surface area contributed by atoms with Gasteiger partial charge in [0.15, 0.2) is 0 Å². The molecule has 2 aromatic rings. The second kappa shape index (κ2) is 7.64. The van der Waals surface area contributed by atoms with Gasteiger partial charge >= 0.3 is 0 Å². The number of phenolic OH excluding ortho intramolecular Hbond substituents is 1. The number of anilines is 1. The molecule has 0 radical (unpaired) electrons. The number of non-ortho nitro benzene ring substituents is 1. The maximum absolute atomic E-state index is 12.1. The first-order chi connectivity index (χ1) is 12.5. The average Bonchev–Trinajstić information content (AvgIpc) is 3.18. The van der Waals surface area contributed by atoms with Crippen molar-refractivity contribution in [2.75, 3.05) is 18.0 Å². The first-order valence-electron chi connectivity index (χ1n) is 8.20. The highest BCUT2D eigenvalue weighted by molar-refractivity contribution is 5.95. The van der Waals surface area contributed by atoms with Gasteiger partial charge in [-0.25, -0.2) is 5.43 Å². The molecule has 8 heteroatoms. The number of hydrogen-bond acceptors (Lipinski definition) is 6. The molecule has 1 saturated heterocycles. The quantitative estimate of drug-likeness (QED) is 0.487. The molecular formula is C18H18N4O4. The van der Waals surface area contributed by atoms with Gasteiger partial charge in [-0.3, -0.25) is 14.9 Å². The molecule has 0 unspecified atom stereocenters. The highest BCUT2D eigenvalue weighted by Crippen LogP contribution is 2.22. The van der Waals surface area contributed by atoms with Crippen molar-refractivity contribution in [2.24, 2.45) is 5.10 Å². The first-order valence-corrected chi connectivity index (χ1v) is 8.20. The third-order valence-corrected chi connectivity index (χ3v) is 4.19. The van der Waals surface area contributed by atoms with E-state index in [1.54, 1.807) is 12.1 Å². The number of nitro benzene ring substituents is 1. The Morgan fingerprint density at radius 2 is 1.88 bits per heavy atom. The number of rotatable bonds is 5. The lowest BCUT2D eigenvalue weighted by molar-refractivity contribution is -0.384. The van der Waals surface area contributed by atoms with Gasteiger partial charge in [0.1, 0.15) is 5.75 Å². The second-order valence-electron chi connectivity index (χ2n) is 5.94. The summed E-state index contributed by atoms with van der Waals surface area (Å²) < 4.78 is 0. The molecule has 0 saturated carbocycles. The van der Waals surface area contributed by atoms with E-state index in [0.29, 0.717) is 5.56 Å². The number of hydrazone groups is 1. The fourth-order valence-corrected chi connectivity index (χ4v) is 2.78. The first kappa shape index (κ1) is 17.4. The van der Waals surface area contributed by atoms with E-state index in [9.17, 15) is 20.0 Å². The van der Waals surface area contributed by atoms with E-state index in [2.05, 4.69) is 15.4 Å². The summed E-state index contributed by atoms with van der Waals surface area (Å²) in [6.07, 6.45) is 3.53. The molecule has 0 atom stereocenters. The molecule has 0 spiro atoms. The number of nitrogens with zero attached hydrogens (tertiary/aromatic N) is 3. The van der Waals surface area contributed by atoms with E-state index in [0.717, 1.165) is 18.8 Å². The third kappa shape index (κ3) is 3.97. The second-order valence-corrected chi connectivity index (χ2v) is 5.94. The molecule has 0 aromatic heterocycles. The van der Waals surface area contributed by atoms with Gasteiger partial charge in [0.25, 0.3) is 11.6 Å². The predicted octanol–water partition coefficient (Wildman–Crippen LogP) is 2.66. The highest BCUT2D eigenvalue weighted by Gasteiger charge is 2.13. The summed E-state index contributed by atoms with van der Waals surface area (Å²) in [4.78, 5) is 24.6. The van der Waals surface area contributed by atoms with Crippen LogP contribution in [0, 0.1) is 10.1 Å². The number of benzene rings is 2. The Bertz CT molecular complexity index is 843. The van der Waals surface area contributed by atoms with Crippen LogP contribution >= 0.6 is 0 Å². The van der Waals surface area contributed by atoms with Gasteiger partial charge in [-0.15, -0.1) is 0 Å². The van der Waals surface area contributed by atoms with Crippen LogP contribution in [-0.2, 0) is 0 Å². The van der Waals surface area contributed by atoms with Crippen LogP contribution in [0.3, 0.4) is 0 Å². The molecule has 1 aliphatic heterocycles.